The van der Waals surface area contributed by atoms with E-state index in [1.165, 1.54) is 0 Å². The van der Waals surface area contributed by atoms with Gasteiger partial charge in [-0.3, -0.25) is 0 Å². The van der Waals surface area contributed by atoms with Crippen LogP contribution >= 0.6 is 0 Å². The van der Waals surface area contributed by atoms with Crippen molar-refractivity contribution in [3.8, 4) is 0 Å². The molecule has 4 radical (unpaired) electrons. The van der Waals surface area contributed by atoms with Crippen LogP contribution in [0.25, 0.3) is 0 Å². The molecule has 0 aromatic carbocycles. The fourth-order valence-electron chi connectivity index (χ4n) is 0.140. The molecule has 0 rings (SSSR count). The molecule has 0 bridgehead atoms. The minimum absolute atomic E-state index is 0. The van der Waals surface area contributed by atoms with Gasteiger partial charge in [0.25, 0.3) is 0 Å². The molecule has 0 aromatic heterocycles. The largest absolute Gasteiger partial charge is 0.506 e. The second-order valence-corrected chi connectivity index (χ2v) is 2.70. The van der Waals surface area contributed by atoms with Crippen LogP contribution in [0.2, 0.25) is 0 Å². The zero-order valence-electron chi connectivity index (χ0n) is 4.52. The van der Waals surface area contributed by atoms with Crippen LogP contribution in [0.15, 0.2) is 0 Å². The van der Waals surface area contributed by atoms with Gasteiger partial charge < -0.3 is 6.87 Å². The second kappa shape index (κ2) is 7.83. The SMILES string of the molecule is CCCO[I+2]([O-])[O-].[Si]. The Balaban J connectivity index is 0. The molecule has 0 unspecified atom stereocenters. The lowest BCUT2D eigenvalue weighted by Crippen LogP contribution is -3.99. The van der Waals surface area contributed by atoms with Crippen LogP contribution in [-0.4, -0.2) is 17.6 Å². The summed E-state index contributed by atoms with van der Waals surface area (Å²) in [5.41, 5.74) is 0. The van der Waals surface area contributed by atoms with E-state index in [4.69, 9.17) is 0 Å². The van der Waals surface area contributed by atoms with Crippen molar-refractivity contribution in [2.75, 3.05) is 6.61 Å². The zero-order chi connectivity index (χ0) is 5.70. The molecular formula is C3H7IO3Si. The van der Waals surface area contributed by atoms with Crippen LogP contribution in [0.3, 0.4) is 0 Å². The molecule has 0 saturated carbocycles. The Bertz CT molecular complexity index is 43.5. The highest BCUT2D eigenvalue weighted by Crippen LogP contribution is 1.66. The van der Waals surface area contributed by atoms with Gasteiger partial charge in [0.2, 0.25) is 0 Å². The van der Waals surface area contributed by atoms with E-state index in [2.05, 4.69) is 3.07 Å². The van der Waals surface area contributed by atoms with Crippen LogP contribution in [0, 0.1) is 0 Å². The van der Waals surface area contributed by atoms with E-state index in [1.807, 2.05) is 6.92 Å². The molecule has 0 aliphatic rings. The molecule has 0 heterocycles. The summed E-state index contributed by atoms with van der Waals surface area (Å²) in [4.78, 5) is 0. The van der Waals surface area contributed by atoms with Gasteiger partial charge in [-0.25, -0.2) is 0 Å². The Hall–Kier alpha value is 0.827. The van der Waals surface area contributed by atoms with Gasteiger partial charge in [-0.2, -0.15) is 0 Å². The lowest BCUT2D eigenvalue weighted by Gasteiger charge is -1.86. The van der Waals surface area contributed by atoms with E-state index in [-0.39, 0.29) is 11.0 Å². The van der Waals surface area contributed by atoms with Crippen LogP contribution in [0.1, 0.15) is 13.3 Å². The van der Waals surface area contributed by atoms with Crippen molar-refractivity contribution in [1.82, 2.24) is 0 Å². The summed E-state index contributed by atoms with van der Waals surface area (Å²) >= 11 is -3.33. The molecule has 48 valence electrons. The normalized spacial score (nSPS) is 9.00. The average Bonchev–Trinajstić information content (AvgIpc) is 1.61. The first kappa shape index (κ1) is 11.6. The summed E-state index contributed by atoms with van der Waals surface area (Å²) in [6.07, 6.45) is 0.762. The van der Waals surface area contributed by atoms with Gasteiger partial charge in [-0.15, -0.1) is 0 Å². The quantitative estimate of drug-likeness (QED) is 0.370. The van der Waals surface area contributed by atoms with Gasteiger partial charge in [0.15, 0.2) is 0 Å². The highest BCUT2D eigenvalue weighted by atomic mass is 127. The number of rotatable bonds is 3. The molecule has 0 atom stereocenters. The van der Waals surface area contributed by atoms with E-state index in [0.29, 0.717) is 6.61 Å². The van der Waals surface area contributed by atoms with E-state index < -0.39 is 21.1 Å². The average molecular weight is 246 g/mol. The van der Waals surface area contributed by atoms with Crippen molar-refractivity contribution < 1.29 is 31.0 Å². The molecule has 0 aliphatic carbocycles. The third kappa shape index (κ3) is 9.95. The van der Waals surface area contributed by atoms with Crippen molar-refractivity contribution >= 4 is 11.0 Å². The summed E-state index contributed by atoms with van der Waals surface area (Å²) < 4.78 is 23.6. The molecule has 0 spiro atoms. The van der Waals surface area contributed by atoms with Gasteiger partial charge >= 0.3 is 21.1 Å². The van der Waals surface area contributed by atoms with Crippen molar-refractivity contribution in [2.45, 2.75) is 13.3 Å². The maximum atomic E-state index is 9.66. The Morgan fingerprint density at radius 1 is 1.50 bits per heavy atom. The molecule has 5 heteroatoms. The van der Waals surface area contributed by atoms with Gasteiger partial charge in [0, 0.05) is 11.0 Å². The minimum atomic E-state index is -3.33. The molecule has 0 N–H and O–H groups in total. The third-order valence-corrected chi connectivity index (χ3v) is 1.32. The number of halogens is 1. The molecule has 0 amide bonds. The lowest BCUT2D eigenvalue weighted by molar-refractivity contribution is -1.63. The Labute approximate surface area is 62.1 Å². The summed E-state index contributed by atoms with van der Waals surface area (Å²) in [5.74, 6) is 0. The first-order valence-corrected chi connectivity index (χ1v) is 4.60. The van der Waals surface area contributed by atoms with Crippen LogP contribution < -0.4 is 27.9 Å². The van der Waals surface area contributed by atoms with E-state index >= 15 is 0 Å². The smallest absolute Gasteiger partial charge is 0.396 e. The molecule has 0 aliphatic heterocycles. The molecule has 0 fully saturated rings. The maximum Gasteiger partial charge on any atom is 0.506 e. The molecular weight excluding hydrogens is 239 g/mol. The summed E-state index contributed by atoms with van der Waals surface area (Å²) in [7, 11) is 0. The number of hydrogen-bond acceptors (Lipinski definition) is 3. The Kier molecular flexibility index (Phi) is 11.4. The van der Waals surface area contributed by atoms with Crippen LogP contribution in [-0.2, 0) is 3.07 Å². The second-order valence-electron chi connectivity index (χ2n) is 1.00. The van der Waals surface area contributed by atoms with Crippen molar-refractivity contribution in [3.63, 3.8) is 0 Å². The predicted molar refractivity (Wildman–Crippen MR) is 22.0 cm³/mol. The predicted octanol–water partition coefficient (Wildman–Crippen LogP) is -4.88. The fraction of sp³-hybridized carbons (Fsp3) is 1.00. The van der Waals surface area contributed by atoms with Crippen molar-refractivity contribution in [3.05, 3.63) is 0 Å². The van der Waals surface area contributed by atoms with Gasteiger partial charge in [-0.05, 0) is 9.49 Å². The topological polar surface area (TPSA) is 55.3 Å². The minimum Gasteiger partial charge on any atom is -0.396 e. The standard InChI is InChI=1S/C3H7IO3.Si/c1-2-3-7-4(5)6;/h2-3H2,1H3;. The lowest BCUT2D eigenvalue weighted by atomic mass is 10.5. The molecule has 3 nitrogen and oxygen atoms in total. The van der Waals surface area contributed by atoms with Crippen LogP contribution in [0.4, 0.5) is 0 Å². The van der Waals surface area contributed by atoms with E-state index in [1.54, 1.807) is 0 Å². The van der Waals surface area contributed by atoms with Crippen molar-refractivity contribution in [2.24, 2.45) is 0 Å². The molecule has 0 aromatic rings. The first-order valence-electron chi connectivity index (χ1n) is 1.96. The molecule has 8 heavy (non-hydrogen) atoms. The summed E-state index contributed by atoms with van der Waals surface area (Å²) in [6.45, 7) is 2.21. The van der Waals surface area contributed by atoms with E-state index in [9.17, 15) is 6.87 Å². The first-order chi connectivity index (χ1) is 3.27. The fourth-order valence-corrected chi connectivity index (χ4v) is 0.940. The highest BCUT2D eigenvalue weighted by Gasteiger charge is 2.07. The van der Waals surface area contributed by atoms with E-state index in [0.717, 1.165) is 6.42 Å². The van der Waals surface area contributed by atoms with Crippen LogP contribution in [0.5, 0.6) is 0 Å². The van der Waals surface area contributed by atoms with Gasteiger partial charge in [0.1, 0.15) is 6.61 Å². The van der Waals surface area contributed by atoms with Gasteiger partial charge in [-0.1, -0.05) is 6.92 Å². The Morgan fingerprint density at radius 2 is 2.00 bits per heavy atom. The summed E-state index contributed by atoms with van der Waals surface area (Å²) in [6, 6.07) is 0. The Morgan fingerprint density at radius 3 is 2.12 bits per heavy atom. The molecule has 0 saturated heterocycles. The zero-order valence-corrected chi connectivity index (χ0v) is 7.67. The maximum absolute atomic E-state index is 9.66. The third-order valence-electron chi connectivity index (χ3n) is 0.370. The van der Waals surface area contributed by atoms with Gasteiger partial charge in [0.05, 0.1) is 0 Å². The monoisotopic (exact) mass is 246 g/mol. The highest BCUT2D eigenvalue weighted by molar-refractivity contribution is 5.75. The number of hydrogen-bond donors (Lipinski definition) is 0. The van der Waals surface area contributed by atoms with Crippen molar-refractivity contribution in [1.29, 1.82) is 0 Å². The summed E-state index contributed by atoms with van der Waals surface area (Å²) in [5, 5.41) is 0.